The van der Waals surface area contributed by atoms with Gasteiger partial charge in [-0.25, -0.2) is 4.98 Å². The number of anilines is 1. The van der Waals surface area contributed by atoms with Gasteiger partial charge in [-0.2, -0.15) is 0 Å². The lowest BCUT2D eigenvalue weighted by molar-refractivity contribution is 0.506. The van der Waals surface area contributed by atoms with Gasteiger partial charge in [0, 0.05) is 19.1 Å². The lowest BCUT2D eigenvalue weighted by Crippen LogP contribution is -2.42. The molecule has 0 saturated carbocycles. The van der Waals surface area contributed by atoms with Gasteiger partial charge < -0.3 is 10.6 Å². The minimum Gasteiger partial charge on any atom is -0.369 e. The molecule has 0 radical (unpaired) electrons. The molecule has 3 nitrogen and oxygen atoms in total. The molecular formula is C10H13Cl2N3. The fraction of sp³-hybridized carbons (Fsp3) is 0.500. The van der Waals surface area contributed by atoms with Crippen molar-refractivity contribution in [2.24, 2.45) is 5.73 Å². The Morgan fingerprint density at radius 3 is 2.93 bits per heavy atom. The van der Waals surface area contributed by atoms with Crippen LogP contribution in [-0.2, 0) is 0 Å². The van der Waals surface area contributed by atoms with Crippen molar-refractivity contribution in [3.63, 3.8) is 0 Å². The van der Waals surface area contributed by atoms with E-state index in [1.54, 1.807) is 6.20 Å². The summed E-state index contributed by atoms with van der Waals surface area (Å²) < 4.78 is 0. The van der Waals surface area contributed by atoms with Gasteiger partial charge in [-0.3, -0.25) is 0 Å². The summed E-state index contributed by atoms with van der Waals surface area (Å²) in [4.78, 5) is 6.23. The van der Waals surface area contributed by atoms with E-state index < -0.39 is 0 Å². The van der Waals surface area contributed by atoms with Crippen LogP contribution in [0.1, 0.15) is 12.8 Å². The van der Waals surface area contributed by atoms with Crippen LogP contribution in [0.4, 0.5) is 5.69 Å². The number of hydrogen-bond acceptors (Lipinski definition) is 3. The van der Waals surface area contributed by atoms with Crippen molar-refractivity contribution in [1.82, 2.24) is 4.98 Å². The second kappa shape index (κ2) is 4.56. The van der Waals surface area contributed by atoms with Gasteiger partial charge in [0.1, 0.15) is 5.15 Å². The molecule has 1 aliphatic heterocycles. The summed E-state index contributed by atoms with van der Waals surface area (Å²) in [5.74, 6) is 0. The Labute approximate surface area is 99.2 Å². The first kappa shape index (κ1) is 11.0. The average Bonchev–Trinajstić information content (AvgIpc) is 2.22. The molecule has 5 heteroatoms. The monoisotopic (exact) mass is 245 g/mol. The molecule has 1 saturated heterocycles. The number of rotatable bonds is 1. The first-order chi connectivity index (χ1) is 7.16. The number of hydrogen-bond donors (Lipinski definition) is 1. The number of nitrogens with two attached hydrogens (primary N) is 1. The summed E-state index contributed by atoms with van der Waals surface area (Å²) in [6.07, 6.45) is 3.94. The molecule has 1 aliphatic rings. The highest BCUT2D eigenvalue weighted by Crippen LogP contribution is 2.26. The SMILES string of the molecule is N[C@@H]1CCCN(c2cnc(Cl)c(Cl)c2)C1. The molecule has 1 aromatic heterocycles. The third-order valence-electron chi connectivity index (χ3n) is 2.60. The minimum absolute atomic E-state index is 0.244. The molecule has 0 aromatic carbocycles. The number of halogens is 2. The van der Waals surface area contributed by atoms with Gasteiger partial charge in [-0.1, -0.05) is 23.2 Å². The molecule has 2 N–H and O–H groups in total. The first-order valence-electron chi connectivity index (χ1n) is 4.98. The predicted octanol–water partition coefficient (Wildman–Crippen LogP) is 2.32. The van der Waals surface area contributed by atoms with E-state index in [0.29, 0.717) is 10.2 Å². The van der Waals surface area contributed by atoms with Gasteiger partial charge in [-0.15, -0.1) is 0 Å². The molecule has 1 atom stereocenters. The summed E-state index contributed by atoms with van der Waals surface area (Å²) in [5.41, 5.74) is 6.91. The molecule has 0 unspecified atom stereocenters. The van der Waals surface area contributed by atoms with Crippen LogP contribution in [0.3, 0.4) is 0 Å². The zero-order valence-corrected chi connectivity index (χ0v) is 9.80. The normalized spacial score (nSPS) is 21.8. The zero-order valence-electron chi connectivity index (χ0n) is 8.29. The van der Waals surface area contributed by atoms with Crippen molar-refractivity contribution >= 4 is 28.9 Å². The predicted molar refractivity (Wildman–Crippen MR) is 63.7 cm³/mol. The Bertz CT molecular complexity index is 357. The van der Waals surface area contributed by atoms with Crippen molar-refractivity contribution in [2.45, 2.75) is 18.9 Å². The van der Waals surface area contributed by atoms with Crippen LogP contribution < -0.4 is 10.6 Å². The van der Waals surface area contributed by atoms with Gasteiger partial charge in [0.05, 0.1) is 16.9 Å². The Balaban J connectivity index is 2.18. The third-order valence-corrected chi connectivity index (χ3v) is 3.29. The molecule has 15 heavy (non-hydrogen) atoms. The molecule has 82 valence electrons. The van der Waals surface area contributed by atoms with Crippen LogP contribution in [-0.4, -0.2) is 24.1 Å². The summed E-state index contributed by atoms with van der Waals surface area (Å²) in [5, 5.41) is 0.843. The molecule has 0 aliphatic carbocycles. The van der Waals surface area contributed by atoms with Crippen molar-refractivity contribution < 1.29 is 0 Å². The molecule has 2 heterocycles. The molecule has 2 rings (SSSR count). The van der Waals surface area contributed by atoms with Crippen molar-refractivity contribution in [3.8, 4) is 0 Å². The zero-order chi connectivity index (χ0) is 10.8. The van der Waals surface area contributed by atoms with E-state index in [-0.39, 0.29) is 6.04 Å². The van der Waals surface area contributed by atoms with Crippen LogP contribution >= 0.6 is 23.2 Å². The minimum atomic E-state index is 0.244. The number of pyridine rings is 1. The van der Waals surface area contributed by atoms with Gasteiger partial charge in [0.15, 0.2) is 0 Å². The van der Waals surface area contributed by atoms with Crippen molar-refractivity contribution in [1.29, 1.82) is 0 Å². The van der Waals surface area contributed by atoms with E-state index in [9.17, 15) is 0 Å². The number of nitrogens with zero attached hydrogens (tertiary/aromatic N) is 2. The second-order valence-corrected chi connectivity index (χ2v) is 4.58. The van der Waals surface area contributed by atoms with Crippen LogP contribution in [0.2, 0.25) is 10.2 Å². The number of piperidine rings is 1. The highest BCUT2D eigenvalue weighted by Gasteiger charge is 2.17. The standard InChI is InChI=1S/C10H13Cl2N3/c11-9-4-8(5-14-10(9)12)15-3-1-2-7(13)6-15/h4-5,7H,1-3,6,13H2/t7-/m1/s1. The Kier molecular flexibility index (Phi) is 3.34. The van der Waals surface area contributed by atoms with Crippen LogP contribution in [0.15, 0.2) is 12.3 Å². The molecule has 1 fully saturated rings. The van der Waals surface area contributed by atoms with Crippen LogP contribution in [0.5, 0.6) is 0 Å². The molecule has 1 aromatic rings. The topological polar surface area (TPSA) is 42.1 Å². The van der Waals surface area contributed by atoms with E-state index in [4.69, 9.17) is 28.9 Å². The average molecular weight is 246 g/mol. The summed E-state index contributed by atoms with van der Waals surface area (Å²) in [7, 11) is 0. The molecular weight excluding hydrogens is 233 g/mol. The maximum Gasteiger partial charge on any atom is 0.147 e. The summed E-state index contributed by atoms with van der Waals surface area (Å²) in [6, 6.07) is 2.09. The second-order valence-electron chi connectivity index (χ2n) is 3.81. The molecule has 0 spiro atoms. The van der Waals surface area contributed by atoms with Crippen molar-refractivity contribution in [2.75, 3.05) is 18.0 Å². The quantitative estimate of drug-likeness (QED) is 0.773. The van der Waals surface area contributed by atoms with Gasteiger partial charge in [-0.05, 0) is 18.9 Å². The smallest absolute Gasteiger partial charge is 0.147 e. The van der Waals surface area contributed by atoms with E-state index >= 15 is 0 Å². The first-order valence-corrected chi connectivity index (χ1v) is 5.74. The van der Waals surface area contributed by atoms with E-state index in [0.717, 1.165) is 31.6 Å². The molecule has 0 bridgehead atoms. The third kappa shape index (κ3) is 2.54. The maximum atomic E-state index is 5.92. The highest BCUT2D eigenvalue weighted by molar-refractivity contribution is 6.41. The van der Waals surface area contributed by atoms with Crippen LogP contribution in [0.25, 0.3) is 0 Å². The summed E-state index contributed by atoms with van der Waals surface area (Å²) in [6.45, 7) is 1.87. The van der Waals surface area contributed by atoms with Gasteiger partial charge in [0.25, 0.3) is 0 Å². The lowest BCUT2D eigenvalue weighted by atomic mass is 10.1. The highest BCUT2D eigenvalue weighted by atomic mass is 35.5. The van der Waals surface area contributed by atoms with Crippen LogP contribution in [0, 0.1) is 0 Å². The Morgan fingerprint density at radius 1 is 1.47 bits per heavy atom. The number of aromatic nitrogens is 1. The maximum absolute atomic E-state index is 5.92. The summed E-state index contributed by atoms with van der Waals surface area (Å²) >= 11 is 11.7. The fourth-order valence-corrected chi connectivity index (χ4v) is 2.09. The Morgan fingerprint density at radius 2 is 2.27 bits per heavy atom. The van der Waals surface area contributed by atoms with Gasteiger partial charge in [0.2, 0.25) is 0 Å². The fourth-order valence-electron chi connectivity index (χ4n) is 1.83. The van der Waals surface area contributed by atoms with Crippen molar-refractivity contribution in [3.05, 3.63) is 22.4 Å². The molecule has 0 amide bonds. The van der Waals surface area contributed by atoms with E-state index in [1.165, 1.54) is 0 Å². The van der Waals surface area contributed by atoms with Gasteiger partial charge >= 0.3 is 0 Å². The lowest BCUT2D eigenvalue weighted by Gasteiger charge is -2.32. The van der Waals surface area contributed by atoms with E-state index in [2.05, 4.69) is 9.88 Å². The Hall–Kier alpha value is -0.510. The largest absolute Gasteiger partial charge is 0.369 e. The van der Waals surface area contributed by atoms with E-state index in [1.807, 2.05) is 6.07 Å².